The van der Waals surface area contributed by atoms with Crippen molar-refractivity contribution in [3.63, 3.8) is 0 Å². The highest BCUT2D eigenvalue weighted by Crippen LogP contribution is 2.34. The number of aromatic nitrogens is 1. The van der Waals surface area contributed by atoms with Crippen molar-refractivity contribution in [1.82, 2.24) is 9.88 Å². The van der Waals surface area contributed by atoms with Gasteiger partial charge in [-0.25, -0.2) is 0 Å². The van der Waals surface area contributed by atoms with Gasteiger partial charge in [-0.05, 0) is 48.8 Å². The van der Waals surface area contributed by atoms with Crippen molar-refractivity contribution in [3.8, 4) is 0 Å². The average molecular weight is 391 g/mol. The summed E-state index contributed by atoms with van der Waals surface area (Å²) >= 11 is 0. The number of fused-ring (bicyclic) bond motifs is 1. The molecule has 0 spiro atoms. The second-order valence-corrected chi connectivity index (χ2v) is 7.74. The summed E-state index contributed by atoms with van der Waals surface area (Å²) in [4.78, 5) is 28.9. The summed E-state index contributed by atoms with van der Waals surface area (Å²) in [7, 11) is 0. The zero-order valence-electron chi connectivity index (χ0n) is 16.3. The lowest BCUT2D eigenvalue weighted by atomic mass is 9.88. The normalized spacial score (nSPS) is 15.0. The highest BCUT2D eigenvalue weighted by molar-refractivity contribution is 5.87. The van der Waals surface area contributed by atoms with Crippen molar-refractivity contribution >= 4 is 22.5 Å². The predicted molar refractivity (Wildman–Crippen MR) is 113 cm³/mol. The van der Waals surface area contributed by atoms with Gasteiger partial charge in [0.2, 0.25) is 5.91 Å². The number of nitro groups is 1. The minimum Gasteiger partial charge on any atom is -0.361 e. The third kappa shape index (κ3) is 4.31. The van der Waals surface area contributed by atoms with Crippen LogP contribution in [0.4, 0.5) is 5.69 Å². The largest absolute Gasteiger partial charge is 0.361 e. The summed E-state index contributed by atoms with van der Waals surface area (Å²) < 4.78 is 0. The van der Waals surface area contributed by atoms with E-state index in [1.807, 2.05) is 29.3 Å². The Morgan fingerprint density at radius 3 is 2.62 bits per heavy atom. The lowest BCUT2D eigenvalue weighted by molar-refractivity contribution is -0.384. The first-order valence-corrected chi connectivity index (χ1v) is 10.2. The molecule has 1 N–H and O–H groups in total. The number of nitrogens with zero attached hydrogens (tertiary/aromatic N) is 2. The van der Waals surface area contributed by atoms with Crippen molar-refractivity contribution in [1.29, 1.82) is 0 Å². The Morgan fingerprint density at radius 1 is 1.14 bits per heavy atom. The number of hydrogen-bond acceptors (Lipinski definition) is 3. The molecule has 150 valence electrons. The standard InChI is InChI=1S/C23H25N3O3/c27-23(25-12-4-5-13-25)14-18(9-8-17-6-2-1-3-7-17)21-16-24-22-11-10-19(26(28)29)15-20(21)22/h1-3,6-7,10-11,15-16,18,24H,4-5,8-9,12-14H2. The van der Waals surface area contributed by atoms with Crippen molar-refractivity contribution in [2.45, 2.75) is 38.0 Å². The number of nitrogens with one attached hydrogen (secondary N) is 1. The number of aryl methyl sites for hydroxylation is 1. The van der Waals surface area contributed by atoms with Gasteiger partial charge in [-0.2, -0.15) is 0 Å². The molecule has 0 saturated carbocycles. The molecule has 1 aliphatic rings. The molecular formula is C23H25N3O3. The highest BCUT2D eigenvalue weighted by atomic mass is 16.6. The van der Waals surface area contributed by atoms with Crippen LogP contribution < -0.4 is 0 Å². The Morgan fingerprint density at radius 2 is 1.90 bits per heavy atom. The fourth-order valence-corrected chi connectivity index (χ4v) is 4.24. The van der Waals surface area contributed by atoms with E-state index < -0.39 is 0 Å². The first kappa shape index (κ1) is 19.2. The van der Waals surface area contributed by atoms with E-state index in [1.54, 1.807) is 12.1 Å². The molecule has 0 bridgehead atoms. The lowest BCUT2D eigenvalue weighted by Crippen LogP contribution is -2.29. The van der Waals surface area contributed by atoms with Crippen LogP contribution >= 0.6 is 0 Å². The molecular weight excluding hydrogens is 366 g/mol. The molecule has 1 atom stereocenters. The smallest absolute Gasteiger partial charge is 0.270 e. The van der Waals surface area contributed by atoms with Gasteiger partial charge in [0.25, 0.3) is 5.69 Å². The summed E-state index contributed by atoms with van der Waals surface area (Å²) in [6.07, 6.45) is 6.17. The van der Waals surface area contributed by atoms with Crippen LogP contribution in [0.15, 0.2) is 54.7 Å². The number of aromatic amines is 1. The van der Waals surface area contributed by atoms with Crippen LogP contribution in [0.3, 0.4) is 0 Å². The maximum absolute atomic E-state index is 12.9. The average Bonchev–Trinajstić information content (AvgIpc) is 3.41. The quantitative estimate of drug-likeness (QED) is 0.464. The molecule has 2 heterocycles. The van der Waals surface area contributed by atoms with Crippen LogP contribution in [0.2, 0.25) is 0 Å². The van der Waals surface area contributed by atoms with Gasteiger partial charge in [-0.15, -0.1) is 0 Å². The number of carbonyl (C=O) groups is 1. The summed E-state index contributed by atoms with van der Waals surface area (Å²) in [5.41, 5.74) is 3.17. The van der Waals surface area contributed by atoms with Crippen LogP contribution in [0.1, 0.15) is 42.7 Å². The summed E-state index contributed by atoms with van der Waals surface area (Å²) in [6, 6.07) is 15.1. The van der Waals surface area contributed by atoms with Crippen molar-refractivity contribution in [3.05, 3.63) is 76.0 Å². The molecule has 1 fully saturated rings. The molecule has 3 aromatic rings. The first-order chi connectivity index (χ1) is 14.1. The van der Waals surface area contributed by atoms with E-state index >= 15 is 0 Å². The number of nitro benzene ring substituents is 1. The Labute approximate surface area is 169 Å². The van der Waals surface area contributed by atoms with E-state index in [-0.39, 0.29) is 22.4 Å². The molecule has 1 unspecified atom stereocenters. The molecule has 29 heavy (non-hydrogen) atoms. The summed E-state index contributed by atoms with van der Waals surface area (Å²) in [5, 5.41) is 12.1. The molecule has 0 aliphatic carbocycles. The van der Waals surface area contributed by atoms with Gasteiger partial charge in [-0.1, -0.05) is 30.3 Å². The summed E-state index contributed by atoms with van der Waals surface area (Å²) in [6.45, 7) is 1.67. The summed E-state index contributed by atoms with van der Waals surface area (Å²) in [5.74, 6) is 0.194. The number of benzene rings is 2. The van der Waals surface area contributed by atoms with Crippen LogP contribution in [0.5, 0.6) is 0 Å². The van der Waals surface area contributed by atoms with Gasteiger partial charge >= 0.3 is 0 Å². The Bertz CT molecular complexity index is 1010. The third-order valence-corrected chi connectivity index (χ3v) is 5.85. The van der Waals surface area contributed by atoms with E-state index in [4.69, 9.17) is 0 Å². The SMILES string of the molecule is O=C(CC(CCc1ccccc1)c1c[nH]c2ccc([N+](=O)[O-])cc12)N1CCCC1. The Kier molecular flexibility index (Phi) is 5.60. The zero-order valence-corrected chi connectivity index (χ0v) is 16.3. The molecule has 0 radical (unpaired) electrons. The molecule has 4 rings (SSSR count). The zero-order chi connectivity index (χ0) is 20.2. The van der Waals surface area contributed by atoms with Gasteiger partial charge in [-0.3, -0.25) is 14.9 Å². The predicted octanol–water partition coefficient (Wildman–Crippen LogP) is 4.81. The second kappa shape index (κ2) is 8.47. The van der Waals surface area contributed by atoms with Crippen LogP contribution in [-0.4, -0.2) is 33.8 Å². The minimum atomic E-state index is -0.370. The molecule has 6 heteroatoms. The molecule has 1 aromatic heterocycles. The molecule has 1 saturated heterocycles. The van der Waals surface area contributed by atoms with Gasteiger partial charge < -0.3 is 9.88 Å². The van der Waals surface area contributed by atoms with E-state index in [2.05, 4.69) is 17.1 Å². The molecule has 1 aliphatic heterocycles. The van der Waals surface area contributed by atoms with Crippen molar-refractivity contribution in [2.75, 3.05) is 13.1 Å². The Balaban J connectivity index is 1.63. The van der Waals surface area contributed by atoms with Gasteiger partial charge in [0.1, 0.15) is 0 Å². The van der Waals surface area contributed by atoms with E-state index in [0.29, 0.717) is 6.42 Å². The molecule has 1 amide bonds. The van der Waals surface area contributed by atoms with Crippen LogP contribution in [0, 0.1) is 10.1 Å². The fraction of sp³-hybridized carbons (Fsp3) is 0.348. The number of hydrogen-bond donors (Lipinski definition) is 1. The number of non-ortho nitro benzene ring substituents is 1. The second-order valence-electron chi connectivity index (χ2n) is 7.74. The van der Waals surface area contributed by atoms with Crippen LogP contribution in [-0.2, 0) is 11.2 Å². The minimum absolute atomic E-state index is 0.0130. The number of rotatable bonds is 7. The van der Waals surface area contributed by atoms with E-state index in [9.17, 15) is 14.9 Å². The van der Waals surface area contributed by atoms with Gasteiger partial charge in [0.15, 0.2) is 0 Å². The van der Waals surface area contributed by atoms with Gasteiger partial charge in [0, 0.05) is 48.7 Å². The third-order valence-electron chi connectivity index (χ3n) is 5.85. The number of amides is 1. The van der Waals surface area contributed by atoms with Crippen LogP contribution in [0.25, 0.3) is 10.9 Å². The van der Waals surface area contributed by atoms with E-state index in [1.165, 1.54) is 11.6 Å². The Hall–Kier alpha value is -3.15. The number of H-pyrrole nitrogens is 1. The molecule has 2 aromatic carbocycles. The van der Waals surface area contributed by atoms with Gasteiger partial charge in [0.05, 0.1) is 4.92 Å². The first-order valence-electron chi connectivity index (χ1n) is 10.2. The van der Waals surface area contributed by atoms with Crippen molar-refractivity contribution < 1.29 is 9.72 Å². The molecule has 6 nitrogen and oxygen atoms in total. The maximum Gasteiger partial charge on any atom is 0.270 e. The topological polar surface area (TPSA) is 79.2 Å². The number of likely N-dealkylation sites (tertiary alicyclic amines) is 1. The van der Waals surface area contributed by atoms with E-state index in [0.717, 1.165) is 55.2 Å². The monoisotopic (exact) mass is 391 g/mol. The fourth-order valence-electron chi connectivity index (χ4n) is 4.24. The number of carbonyl (C=O) groups excluding carboxylic acids is 1. The van der Waals surface area contributed by atoms with Crippen molar-refractivity contribution in [2.24, 2.45) is 0 Å². The lowest BCUT2D eigenvalue weighted by Gasteiger charge is -2.21. The maximum atomic E-state index is 12.9. The highest BCUT2D eigenvalue weighted by Gasteiger charge is 2.25.